The zero-order valence-electron chi connectivity index (χ0n) is 18.0. The second-order valence-electron chi connectivity index (χ2n) is 8.42. The Morgan fingerprint density at radius 3 is 2.59 bits per heavy atom. The van der Waals surface area contributed by atoms with E-state index < -0.39 is 0 Å². The SMILES string of the molecule is Cn1cc(-c2ccc(-c3ccc4ncc5c(c4c3)n([C@H]3CCNC3)c(=O)n5C)cn2)cn1. The van der Waals surface area contributed by atoms with Gasteiger partial charge in [-0.3, -0.25) is 23.8 Å². The lowest BCUT2D eigenvalue weighted by molar-refractivity contribution is 0.536. The van der Waals surface area contributed by atoms with Gasteiger partial charge in [-0.05, 0) is 36.7 Å². The van der Waals surface area contributed by atoms with Gasteiger partial charge in [-0.25, -0.2) is 4.79 Å². The van der Waals surface area contributed by atoms with E-state index in [1.807, 2.05) is 55.6 Å². The third-order valence-electron chi connectivity index (χ3n) is 6.41. The van der Waals surface area contributed by atoms with E-state index in [2.05, 4.69) is 38.6 Å². The van der Waals surface area contributed by atoms with E-state index in [1.165, 1.54) is 0 Å². The topological polar surface area (TPSA) is 82.6 Å². The van der Waals surface area contributed by atoms with E-state index >= 15 is 0 Å². The number of aromatic nitrogens is 6. The van der Waals surface area contributed by atoms with Crippen molar-refractivity contribution < 1.29 is 0 Å². The fourth-order valence-corrected chi connectivity index (χ4v) is 4.69. The minimum absolute atomic E-state index is 0.0101. The highest BCUT2D eigenvalue weighted by Gasteiger charge is 2.24. The number of fused-ring (bicyclic) bond motifs is 3. The number of pyridine rings is 2. The van der Waals surface area contributed by atoms with Crippen LogP contribution >= 0.6 is 0 Å². The van der Waals surface area contributed by atoms with Crippen LogP contribution in [0.25, 0.3) is 44.3 Å². The number of hydrogen-bond donors (Lipinski definition) is 1. The van der Waals surface area contributed by atoms with Crippen molar-refractivity contribution in [1.82, 2.24) is 34.2 Å². The summed E-state index contributed by atoms with van der Waals surface area (Å²) in [4.78, 5) is 22.4. The molecule has 8 heteroatoms. The summed E-state index contributed by atoms with van der Waals surface area (Å²) in [5.74, 6) is 0. The second-order valence-corrected chi connectivity index (χ2v) is 8.42. The first-order valence-electron chi connectivity index (χ1n) is 10.8. The van der Waals surface area contributed by atoms with Gasteiger partial charge in [0, 0.05) is 49.5 Å². The monoisotopic (exact) mass is 425 g/mol. The van der Waals surface area contributed by atoms with Gasteiger partial charge in [0.1, 0.15) is 0 Å². The van der Waals surface area contributed by atoms with Gasteiger partial charge < -0.3 is 5.32 Å². The molecule has 0 spiro atoms. The number of imidazole rings is 1. The molecular weight excluding hydrogens is 402 g/mol. The Labute approximate surface area is 184 Å². The van der Waals surface area contributed by atoms with E-state index in [-0.39, 0.29) is 11.7 Å². The first kappa shape index (κ1) is 18.9. The third kappa shape index (κ3) is 2.87. The lowest BCUT2D eigenvalue weighted by atomic mass is 10.0. The minimum atomic E-state index is 0.0101. The van der Waals surface area contributed by atoms with Crippen LogP contribution < -0.4 is 11.0 Å². The zero-order chi connectivity index (χ0) is 21.8. The van der Waals surface area contributed by atoms with Crippen LogP contribution in [0.1, 0.15) is 12.5 Å². The zero-order valence-corrected chi connectivity index (χ0v) is 18.0. The van der Waals surface area contributed by atoms with E-state index in [1.54, 1.807) is 9.25 Å². The van der Waals surface area contributed by atoms with Crippen molar-refractivity contribution in [3.05, 3.63) is 65.6 Å². The van der Waals surface area contributed by atoms with Gasteiger partial charge in [-0.2, -0.15) is 5.10 Å². The van der Waals surface area contributed by atoms with E-state index in [0.29, 0.717) is 0 Å². The van der Waals surface area contributed by atoms with Crippen LogP contribution in [-0.2, 0) is 14.1 Å². The smallest absolute Gasteiger partial charge is 0.315 e. The Bertz CT molecular complexity index is 1520. The van der Waals surface area contributed by atoms with Crippen molar-refractivity contribution in [2.24, 2.45) is 14.1 Å². The number of aryl methyl sites for hydroxylation is 2. The summed E-state index contributed by atoms with van der Waals surface area (Å²) in [6, 6.07) is 10.4. The maximum atomic E-state index is 13.1. The molecule has 1 atom stereocenters. The molecule has 8 nitrogen and oxygen atoms in total. The largest absolute Gasteiger partial charge is 0.329 e. The maximum absolute atomic E-state index is 13.1. The molecule has 0 unspecified atom stereocenters. The summed E-state index contributed by atoms with van der Waals surface area (Å²) in [6.45, 7) is 1.74. The minimum Gasteiger partial charge on any atom is -0.315 e. The Morgan fingerprint density at radius 2 is 1.88 bits per heavy atom. The summed E-state index contributed by atoms with van der Waals surface area (Å²) in [5, 5.41) is 8.59. The molecule has 1 aliphatic heterocycles. The highest BCUT2D eigenvalue weighted by Crippen LogP contribution is 2.31. The van der Waals surface area contributed by atoms with Crippen molar-refractivity contribution in [2.75, 3.05) is 13.1 Å². The molecule has 0 aliphatic carbocycles. The molecule has 1 N–H and O–H groups in total. The molecule has 5 aromatic rings. The first-order valence-corrected chi connectivity index (χ1v) is 10.8. The number of hydrogen-bond acceptors (Lipinski definition) is 5. The Balaban J connectivity index is 1.51. The lowest BCUT2D eigenvalue weighted by Crippen LogP contribution is -2.27. The normalized spacial score (nSPS) is 16.4. The molecule has 32 heavy (non-hydrogen) atoms. The third-order valence-corrected chi connectivity index (χ3v) is 6.41. The molecule has 5 heterocycles. The summed E-state index contributed by atoms with van der Waals surface area (Å²) in [6.07, 6.45) is 8.40. The maximum Gasteiger partial charge on any atom is 0.329 e. The summed E-state index contributed by atoms with van der Waals surface area (Å²) in [5.41, 5.74) is 6.64. The molecule has 1 aromatic carbocycles. The number of nitrogens with one attached hydrogen (secondary N) is 1. The van der Waals surface area contributed by atoms with Crippen LogP contribution in [0.5, 0.6) is 0 Å². The average molecular weight is 425 g/mol. The molecule has 0 bridgehead atoms. The first-order chi connectivity index (χ1) is 15.6. The predicted octanol–water partition coefficient (Wildman–Crippen LogP) is 2.89. The fraction of sp³-hybridized carbons (Fsp3) is 0.250. The van der Waals surface area contributed by atoms with Crippen molar-refractivity contribution in [3.63, 3.8) is 0 Å². The predicted molar refractivity (Wildman–Crippen MR) is 124 cm³/mol. The molecule has 0 radical (unpaired) electrons. The second kappa shape index (κ2) is 7.13. The van der Waals surface area contributed by atoms with Crippen molar-refractivity contribution in [3.8, 4) is 22.4 Å². The molecule has 1 aliphatic rings. The van der Waals surface area contributed by atoms with E-state index in [9.17, 15) is 4.79 Å². The molecular formula is C24H23N7O. The van der Waals surface area contributed by atoms with E-state index in [4.69, 9.17) is 0 Å². The molecule has 6 rings (SSSR count). The van der Waals surface area contributed by atoms with Crippen LogP contribution in [0, 0.1) is 0 Å². The van der Waals surface area contributed by atoms with Gasteiger partial charge in [0.15, 0.2) is 0 Å². The quantitative estimate of drug-likeness (QED) is 0.481. The van der Waals surface area contributed by atoms with Gasteiger partial charge in [0.2, 0.25) is 0 Å². The summed E-state index contributed by atoms with van der Waals surface area (Å²) in [7, 11) is 3.72. The highest BCUT2D eigenvalue weighted by molar-refractivity contribution is 6.04. The van der Waals surface area contributed by atoms with Crippen molar-refractivity contribution in [2.45, 2.75) is 12.5 Å². The Morgan fingerprint density at radius 1 is 1.00 bits per heavy atom. The van der Waals surface area contributed by atoms with Gasteiger partial charge in [0.05, 0.1) is 40.7 Å². The number of benzene rings is 1. The van der Waals surface area contributed by atoms with Crippen LogP contribution in [-0.4, -0.2) is 42.0 Å². The Hall–Kier alpha value is -3.78. The highest BCUT2D eigenvalue weighted by atomic mass is 16.1. The van der Waals surface area contributed by atoms with Crippen LogP contribution in [0.3, 0.4) is 0 Å². The van der Waals surface area contributed by atoms with Crippen LogP contribution in [0.4, 0.5) is 0 Å². The van der Waals surface area contributed by atoms with Crippen LogP contribution in [0.15, 0.2) is 59.9 Å². The molecule has 4 aromatic heterocycles. The van der Waals surface area contributed by atoms with Crippen molar-refractivity contribution in [1.29, 1.82) is 0 Å². The Kier molecular flexibility index (Phi) is 4.22. The lowest BCUT2D eigenvalue weighted by Gasteiger charge is -2.12. The average Bonchev–Trinajstić information content (AvgIpc) is 3.55. The number of rotatable bonds is 3. The van der Waals surface area contributed by atoms with Gasteiger partial charge >= 0.3 is 5.69 Å². The summed E-state index contributed by atoms with van der Waals surface area (Å²) < 4.78 is 5.43. The van der Waals surface area contributed by atoms with Gasteiger partial charge in [-0.1, -0.05) is 12.1 Å². The molecule has 0 saturated carbocycles. The van der Waals surface area contributed by atoms with Crippen molar-refractivity contribution >= 4 is 21.9 Å². The standard InChI is InChI=1S/C24H23N7O/c1-29-14-17(11-28-29)20-5-4-16(10-26-20)15-3-6-21-19(9-15)23-22(13-27-21)30(2)24(32)31(23)18-7-8-25-12-18/h3-6,9-11,13-14,18,25H,7-8,12H2,1-2H3/t18-/m0/s1. The molecule has 1 saturated heterocycles. The van der Waals surface area contributed by atoms with Gasteiger partial charge in [0.25, 0.3) is 0 Å². The van der Waals surface area contributed by atoms with E-state index in [0.717, 1.165) is 63.8 Å². The molecule has 1 fully saturated rings. The van der Waals surface area contributed by atoms with Crippen LogP contribution in [0.2, 0.25) is 0 Å². The molecule has 0 amide bonds. The molecule has 160 valence electrons. The number of nitrogens with zero attached hydrogens (tertiary/aromatic N) is 6. The fourth-order valence-electron chi connectivity index (χ4n) is 4.69. The summed E-state index contributed by atoms with van der Waals surface area (Å²) >= 11 is 0. The van der Waals surface area contributed by atoms with Gasteiger partial charge in [-0.15, -0.1) is 0 Å².